The van der Waals surface area contributed by atoms with E-state index in [0.717, 1.165) is 5.56 Å². The van der Waals surface area contributed by atoms with Crippen LogP contribution in [0.25, 0.3) is 0 Å². The molecule has 0 saturated heterocycles. The van der Waals surface area contributed by atoms with E-state index in [1.165, 1.54) is 6.20 Å². The summed E-state index contributed by atoms with van der Waals surface area (Å²) < 4.78 is 0. The maximum absolute atomic E-state index is 11.8. The molecule has 0 saturated carbocycles. The molecule has 1 heterocycles. The van der Waals surface area contributed by atoms with Gasteiger partial charge in [0.25, 0.3) is 0 Å². The number of aryl methyl sites for hydroxylation is 1. The molecule has 1 aromatic rings. The van der Waals surface area contributed by atoms with Crippen molar-refractivity contribution in [2.75, 3.05) is 11.9 Å². The molecule has 0 aliphatic heterocycles. The molecule has 0 aromatic carbocycles. The van der Waals surface area contributed by atoms with E-state index in [2.05, 4.69) is 15.6 Å². The molecule has 3 N–H and O–H groups in total. The van der Waals surface area contributed by atoms with E-state index in [1.807, 2.05) is 20.8 Å². The molecule has 0 spiro atoms. The molecule has 2 amide bonds. The molecular weight excluding hydrogens is 258 g/mol. The molecule has 0 bridgehead atoms. The molecule has 0 aliphatic carbocycles. The Morgan fingerprint density at radius 1 is 1.30 bits per heavy atom. The summed E-state index contributed by atoms with van der Waals surface area (Å²) in [6.07, 6.45) is 4.15. The molecule has 6 heteroatoms. The Labute approximate surface area is 118 Å². The second-order valence-corrected chi connectivity index (χ2v) is 4.85. The van der Waals surface area contributed by atoms with Crippen molar-refractivity contribution >= 4 is 17.7 Å². The summed E-state index contributed by atoms with van der Waals surface area (Å²) in [6.45, 7) is 5.59. The second-order valence-electron chi connectivity index (χ2n) is 4.85. The lowest BCUT2D eigenvalue weighted by Crippen LogP contribution is -2.43. The van der Waals surface area contributed by atoms with Gasteiger partial charge in [-0.3, -0.25) is 9.78 Å². The van der Waals surface area contributed by atoms with Gasteiger partial charge in [-0.25, -0.2) is 4.79 Å². The molecule has 0 fully saturated rings. The van der Waals surface area contributed by atoms with Crippen molar-refractivity contribution in [2.45, 2.75) is 33.6 Å². The molecule has 1 aromatic heterocycles. The van der Waals surface area contributed by atoms with Gasteiger partial charge < -0.3 is 15.7 Å². The summed E-state index contributed by atoms with van der Waals surface area (Å²) in [4.78, 5) is 27.1. The van der Waals surface area contributed by atoms with Gasteiger partial charge in [-0.2, -0.15) is 0 Å². The SMILES string of the molecule is CCC(CC)(CNC(=O)Nc1cncc(C)c1)C(=O)O. The van der Waals surface area contributed by atoms with Crippen molar-refractivity contribution in [2.24, 2.45) is 5.41 Å². The number of aromatic nitrogens is 1. The average Bonchev–Trinajstić information content (AvgIpc) is 2.40. The molecule has 1 rings (SSSR count). The van der Waals surface area contributed by atoms with Crippen molar-refractivity contribution in [3.05, 3.63) is 24.0 Å². The molecule has 0 radical (unpaired) electrons. The molecule has 6 nitrogen and oxygen atoms in total. The number of urea groups is 1. The van der Waals surface area contributed by atoms with Gasteiger partial charge in [0.05, 0.1) is 17.3 Å². The van der Waals surface area contributed by atoms with E-state index in [1.54, 1.807) is 12.3 Å². The summed E-state index contributed by atoms with van der Waals surface area (Å²) in [5, 5.41) is 14.5. The number of pyridine rings is 1. The van der Waals surface area contributed by atoms with Crippen LogP contribution >= 0.6 is 0 Å². The fraction of sp³-hybridized carbons (Fsp3) is 0.500. The number of carbonyl (C=O) groups is 2. The van der Waals surface area contributed by atoms with Crippen LogP contribution < -0.4 is 10.6 Å². The van der Waals surface area contributed by atoms with Crippen molar-refractivity contribution in [3.63, 3.8) is 0 Å². The summed E-state index contributed by atoms with van der Waals surface area (Å²) in [5.74, 6) is -0.889. The zero-order chi connectivity index (χ0) is 15.2. The van der Waals surface area contributed by atoms with Crippen LogP contribution in [0.3, 0.4) is 0 Å². The summed E-state index contributed by atoms with van der Waals surface area (Å²) in [5.41, 5.74) is 0.601. The van der Waals surface area contributed by atoms with Crippen LogP contribution in [0.2, 0.25) is 0 Å². The number of nitrogens with one attached hydrogen (secondary N) is 2. The highest BCUT2D eigenvalue weighted by Gasteiger charge is 2.35. The number of rotatable bonds is 6. The van der Waals surface area contributed by atoms with E-state index < -0.39 is 17.4 Å². The predicted octanol–water partition coefficient (Wildman–Crippen LogP) is 2.40. The summed E-state index contributed by atoms with van der Waals surface area (Å²) >= 11 is 0. The number of aliphatic carboxylic acids is 1. The van der Waals surface area contributed by atoms with Gasteiger partial charge >= 0.3 is 12.0 Å². The number of hydrogen-bond acceptors (Lipinski definition) is 3. The van der Waals surface area contributed by atoms with E-state index in [-0.39, 0.29) is 6.54 Å². The first kappa shape index (κ1) is 15.9. The second kappa shape index (κ2) is 6.88. The van der Waals surface area contributed by atoms with Crippen LogP contribution in [0, 0.1) is 12.3 Å². The number of nitrogens with zero attached hydrogens (tertiary/aromatic N) is 1. The predicted molar refractivity (Wildman–Crippen MR) is 76.6 cm³/mol. The zero-order valence-electron chi connectivity index (χ0n) is 12.1. The number of amides is 2. The Morgan fingerprint density at radius 3 is 2.45 bits per heavy atom. The van der Waals surface area contributed by atoms with Crippen molar-refractivity contribution in [1.82, 2.24) is 10.3 Å². The highest BCUT2D eigenvalue weighted by molar-refractivity contribution is 5.89. The quantitative estimate of drug-likeness (QED) is 0.745. The van der Waals surface area contributed by atoms with Gasteiger partial charge in [0.15, 0.2) is 0 Å². The number of carbonyl (C=O) groups excluding carboxylic acids is 1. The normalized spacial score (nSPS) is 10.9. The van der Waals surface area contributed by atoms with Gasteiger partial charge in [-0.15, -0.1) is 0 Å². The minimum Gasteiger partial charge on any atom is -0.481 e. The Hall–Kier alpha value is -2.11. The highest BCUT2D eigenvalue weighted by atomic mass is 16.4. The van der Waals surface area contributed by atoms with E-state index in [4.69, 9.17) is 0 Å². The van der Waals surface area contributed by atoms with Gasteiger partial charge in [0, 0.05) is 12.7 Å². The molecule has 0 atom stereocenters. The number of carboxylic acids is 1. The van der Waals surface area contributed by atoms with Gasteiger partial charge in [-0.1, -0.05) is 13.8 Å². The van der Waals surface area contributed by atoms with E-state index >= 15 is 0 Å². The van der Waals surface area contributed by atoms with Gasteiger partial charge in [0.2, 0.25) is 0 Å². The summed E-state index contributed by atoms with van der Waals surface area (Å²) in [7, 11) is 0. The van der Waals surface area contributed by atoms with Crippen LogP contribution in [-0.4, -0.2) is 28.6 Å². The van der Waals surface area contributed by atoms with Crippen LogP contribution in [0.1, 0.15) is 32.3 Å². The molecule has 0 unspecified atom stereocenters. The third-order valence-corrected chi connectivity index (χ3v) is 3.53. The van der Waals surface area contributed by atoms with E-state index in [0.29, 0.717) is 18.5 Å². The molecular formula is C14H21N3O3. The maximum atomic E-state index is 11.8. The number of carboxylic acid groups (broad SMARTS) is 1. The first-order valence-electron chi connectivity index (χ1n) is 6.63. The molecule has 0 aliphatic rings. The summed E-state index contributed by atoms with van der Waals surface area (Å²) in [6, 6.07) is 1.36. The maximum Gasteiger partial charge on any atom is 0.319 e. The van der Waals surface area contributed by atoms with Crippen molar-refractivity contribution in [3.8, 4) is 0 Å². The van der Waals surface area contributed by atoms with Crippen LogP contribution in [0.15, 0.2) is 18.5 Å². The monoisotopic (exact) mass is 279 g/mol. The minimum absolute atomic E-state index is 0.0976. The molecule has 20 heavy (non-hydrogen) atoms. The van der Waals surface area contributed by atoms with Crippen LogP contribution in [0.5, 0.6) is 0 Å². The lowest BCUT2D eigenvalue weighted by molar-refractivity contribution is -0.149. The third kappa shape index (κ3) is 3.94. The third-order valence-electron chi connectivity index (χ3n) is 3.53. The van der Waals surface area contributed by atoms with E-state index in [9.17, 15) is 14.7 Å². The largest absolute Gasteiger partial charge is 0.481 e. The first-order chi connectivity index (χ1) is 9.43. The van der Waals surface area contributed by atoms with Crippen LogP contribution in [-0.2, 0) is 4.79 Å². The standard InChI is InChI=1S/C14H21N3O3/c1-4-14(5-2,12(18)19)9-16-13(20)17-11-6-10(3)7-15-8-11/h6-8H,4-5,9H2,1-3H3,(H,18,19)(H2,16,17,20). The highest BCUT2D eigenvalue weighted by Crippen LogP contribution is 2.25. The Kier molecular flexibility index (Phi) is 5.49. The topological polar surface area (TPSA) is 91.3 Å². The van der Waals surface area contributed by atoms with Crippen LogP contribution in [0.4, 0.5) is 10.5 Å². The fourth-order valence-corrected chi connectivity index (χ4v) is 1.93. The fourth-order valence-electron chi connectivity index (χ4n) is 1.93. The first-order valence-corrected chi connectivity index (χ1v) is 6.63. The number of hydrogen-bond donors (Lipinski definition) is 3. The average molecular weight is 279 g/mol. The van der Waals surface area contributed by atoms with Gasteiger partial charge in [-0.05, 0) is 31.4 Å². The zero-order valence-corrected chi connectivity index (χ0v) is 12.1. The smallest absolute Gasteiger partial charge is 0.319 e. The number of anilines is 1. The van der Waals surface area contributed by atoms with Gasteiger partial charge in [0.1, 0.15) is 0 Å². The lowest BCUT2D eigenvalue weighted by atomic mass is 9.82. The molecule has 110 valence electrons. The van der Waals surface area contributed by atoms with Crippen molar-refractivity contribution < 1.29 is 14.7 Å². The minimum atomic E-state index is -0.914. The Balaban J connectivity index is 2.61. The Morgan fingerprint density at radius 2 is 1.95 bits per heavy atom. The lowest BCUT2D eigenvalue weighted by Gasteiger charge is -2.26. The van der Waals surface area contributed by atoms with Crippen molar-refractivity contribution in [1.29, 1.82) is 0 Å². The Bertz CT molecular complexity index is 484.